The van der Waals surface area contributed by atoms with Crippen LogP contribution in [-0.4, -0.2) is 42.2 Å². The molecular formula is C21H23F3N2O. The molecule has 144 valence electrons. The quantitative estimate of drug-likeness (QED) is 0.855. The molecule has 1 atom stereocenters. The molecule has 1 aliphatic carbocycles. The summed E-state index contributed by atoms with van der Waals surface area (Å²) in [6, 6.07) is 11.7. The van der Waals surface area contributed by atoms with Gasteiger partial charge in [0.1, 0.15) is 5.75 Å². The fraction of sp³-hybridized carbons (Fsp3) is 0.429. The summed E-state index contributed by atoms with van der Waals surface area (Å²) in [7, 11) is 0. The second kappa shape index (κ2) is 7.08. The molecule has 1 heterocycles. The number of halogens is 3. The van der Waals surface area contributed by atoms with Crippen molar-refractivity contribution in [1.82, 2.24) is 4.90 Å². The Kier molecular flexibility index (Phi) is 4.76. The van der Waals surface area contributed by atoms with Gasteiger partial charge in [-0.15, -0.1) is 0 Å². The van der Waals surface area contributed by atoms with Gasteiger partial charge in [0.05, 0.1) is 5.56 Å². The molecule has 3 nitrogen and oxygen atoms in total. The number of fused-ring (bicyclic) bond motifs is 1. The molecule has 1 unspecified atom stereocenters. The van der Waals surface area contributed by atoms with E-state index in [-0.39, 0.29) is 0 Å². The smallest absolute Gasteiger partial charge is 0.416 e. The van der Waals surface area contributed by atoms with Gasteiger partial charge >= 0.3 is 6.18 Å². The van der Waals surface area contributed by atoms with Crippen LogP contribution in [-0.2, 0) is 19.0 Å². The lowest BCUT2D eigenvalue weighted by Crippen LogP contribution is -2.51. The Morgan fingerprint density at radius 2 is 1.70 bits per heavy atom. The summed E-state index contributed by atoms with van der Waals surface area (Å²) >= 11 is 0. The van der Waals surface area contributed by atoms with Crippen molar-refractivity contribution in [3.8, 4) is 5.75 Å². The van der Waals surface area contributed by atoms with Crippen LogP contribution in [0, 0.1) is 0 Å². The number of hydrogen-bond donors (Lipinski definition) is 1. The van der Waals surface area contributed by atoms with Crippen LogP contribution in [0.25, 0.3) is 0 Å². The number of aryl methyl sites for hydroxylation is 1. The van der Waals surface area contributed by atoms with Gasteiger partial charge in [0, 0.05) is 37.9 Å². The minimum Gasteiger partial charge on any atom is -0.508 e. The van der Waals surface area contributed by atoms with E-state index in [1.54, 1.807) is 12.1 Å². The lowest BCUT2D eigenvalue weighted by atomic mass is 9.86. The minimum atomic E-state index is -4.31. The number of rotatable bonds is 2. The molecule has 0 spiro atoms. The zero-order chi connectivity index (χ0) is 19.0. The third kappa shape index (κ3) is 3.76. The first-order valence-electron chi connectivity index (χ1n) is 9.38. The zero-order valence-electron chi connectivity index (χ0n) is 15.0. The number of alkyl halides is 3. The lowest BCUT2D eigenvalue weighted by Gasteiger charge is -2.42. The van der Waals surface area contributed by atoms with E-state index < -0.39 is 11.7 Å². The van der Waals surface area contributed by atoms with Gasteiger partial charge in [-0.05, 0) is 54.7 Å². The van der Waals surface area contributed by atoms with E-state index in [0.717, 1.165) is 44.0 Å². The Morgan fingerprint density at radius 3 is 2.44 bits per heavy atom. The summed E-state index contributed by atoms with van der Waals surface area (Å²) in [5, 5.41) is 10.1. The molecule has 1 N–H and O–H groups in total. The van der Waals surface area contributed by atoms with Crippen LogP contribution in [0.2, 0.25) is 0 Å². The number of phenols is 1. The summed E-state index contributed by atoms with van der Waals surface area (Å²) in [5.41, 5.74) is 2.32. The predicted molar refractivity (Wildman–Crippen MR) is 99.1 cm³/mol. The van der Waals surface area contributed by atoms with Crippen molar-refractivity contribution in [2.75, 3.05) is 31.1 Å². The first kappa shape index (κ1) is 18.2. The van der Waals surface area contributed by atoms with Gasteiger partial charge in [0.25, 0.3) is 0 Å². The number of aromatic hydroxyl groups is 1. The van der Waals surface area contributed by atoms with Gasteiger partial charge in [-0.2, -0.15) is 13.2 Å². The van der Waals surface area contributed by atoms with Gasteiger partial charge in [-0.25, -0.2) is 0 Å². The summed E-state index contributed by atoms with van der Waals surface area (Å²) in [6.07, 6.45) is -1.46. The molecular weight excluding hydrogens is 353 g/mol. The van der Waals surface area contributed by atoms with E-state index in [1.807, 2.05) is 11.0 Å². The van der Waals surface area contributed by atoms with E-state index in [1.165, 1.54) is 17.7 Å². The van der Waals surface area contributed by atoms with Crippen molar-refractivity contribution >= 4 is 5.69 Å². The van der Waals surface area contributed by atoms with Gasteiger partial charge in [-0.3, -0.25) is 4.90 Å². The number of piperazine rings is 1. The van der Waals surface area contributed by atoms with Crippen molar-refractivity contribution in [2.45, 2.75) is 31.5 Å². The normalized spacial score (nSPS) is 21.1. The highest BCUT2D eigenvalue weighted by Crippen LogP contribution is 2.33. The fourth-order valence-corrected chi connectivity index (χ4v) is 4.29. The van der Waals surface area contributed by atoms with Crippen LogP contribution >= 0.6 is 0 Å². The molecule has 0 bridgehead atoms. The molecule has 0 saturated carbocycles. The van der Waals surface area contributed by atoms with Crippen LogP contribution in [0.4, 0.5) is 18.9 Å². The van der Waals surface area contributed by atoms with Crippen LogP contribution in [0.5, 0.6) is 5.75 Å². The lowest BCUT2D eigenvalue weighted by molar-refractivity contribution is -0.137. The second-order valence-electron chi connectivity index (χ2n) is 7.38. The van der Waals surface area contributed by atoms with Crippen LogP contribution in [0.15, 0.2) is 42.5 Å². The van der Waals surface area contributed by atoms with E-state index >= 15 is 0 Å². The van der Waals surface area contributed by atoms with E-state index in [2.05, 4.69) is 11.0 Å². The standard InChI is InChI=1S/C21H23F3N2O/c22-21(23,24)16-4-2-5-17(13-16)25-9-11-26(12-10-25)18-8-7-15-3-1-6-20(27)19(15)14-18/h1-6,13,18,27H,7-12,14H2. The average molecular weight is 376 g/mol. The summed E-state index contributed by atoms with van der Waals surface area (Å²) < 4.78 is 38.8. The first-order chi connectivity index (χ1) is 12.9. The SMILES string of the molecule is Oc1cccc2c1CC(N1CCN(c3cccc(C(F)(F)F)c3)CC1)CC2. The van der Waals surface area contributed by atoms with Gasteiger partial charge in [-0.1, -0.05) is 18.2 Å². The maximum absolute atomic E-state index is 12.9. The molecule has 27 heavy (non-hydrogen) atoms. The van der Waals surface area contributed by atoms with Crippen molar-refractivity contribution in [1.29, 1.82) is 0 Å². The molecule has 1 saturated heterocycles. The largest absolute Gasteiger partial charge is 0.508 e. The van der Waals surface area contributed by atoms with E-state index in [0.29, 0.717) is 30.6 Å². The topological polar surface area (TPSA) is 26.7 Å². The summed E-state index contributed by atoms with van der Waals surface area (Å²) in [4.78, 5) is 4.44. The van der Waals surface area contributed by atoms with E-state index in [9.17, 15) is 18.3 Å². The molecule has 1 fully saturated rings. The van der Waals surface area contributed by atoms with Crippen molar-refractivity contribution < 1.29 is 18.3 Å². The van der Waals surface area contributed by atoms with Crippen LogP contribution in [0.1, 0.15) is 23.1 Å². The monoisotopic (exact) mass is 376 g/mol. The van der Waals surface area contributed by atoms with Gasteiger partial charge in [0.15, 0.2) is 0 Å². The molecule has 4 rings (SSSR count). The molecule has 6 heteroatoms. The summed E-state index contributed by atoms with van der Waals surface area (Å²) in [5.74, 6) is 0.375. The number of hydrogen-bond acceptors (Lipinski definition) is 3. The van der Waals surface area contributed by atoms with Gasteiger partial charge < -0.3 is 10.0 Å². The number of benzene rings is 2. The Bertz CT molecular complexity index is 813. The Morgan fingerprint density at radius 1 is 0.963 bits per heavy atom. The highest BCUT2D eigenvalue weighted by Gasteiger charge is 2.32. The molecule has 2 aromatic carbocycles. The van der Waals surface area contributed by atoms with Crippen LogP contribution < -0.4 is 4.90 Å². The van der Waals surface area contributed by atoms with Crippen molar-refractivity contribution in [3.63, 3.8) is 0 Å². The highest BCUT2D eigenvalue weighted by atomic mass is 19.4. The van der Waals surface area contributed by atoms with Crippen LogP contribution in [0.3, 0.4) is 0 Å². The highest BCUT2D eigenvalue weighted by molar-refractivity contribution is 5.50. The molecule has 0 aromatic heterocycles. The molecule has 0 amide bonds. The maximum atomic E-state index is 12.9. The predicted octanol–water partition coefficient (Wildman–Crippen LogP) is 4.09. The second-order valence-corrected chi connectivity index (χ2v) is 7.38. The fourth-order valence-electron chi connectivity index (χ4n) is 4.29. The summed E-state index contributed by atoms with van der Waals surface area (Å²) in [6.45, 7) is 3.07. The first-order valence-corrected chi connectivity index (χ1v) is 9.38. The number of nitrogens with zero attached hydrogens (tertiary/aromatic N) is 2. The Labute approximate surface area is 157 Å². The third-order valence-electron chi connectivity index (χ3n) is 5.80. The maximum Gasteiger partial charge on any atom is 0.416 e. The molecule has 2 aliphatic rings. The molecule has 0 radical (unpaired) electrons. The number of anilines is 1. The average Bonchev–Trinajstić information content (AvgIpc) is 2.68. The Hall–Kier alpha value is -2.21. The minimum absolute atomic E-state index is 0.375. The van der Waals surface area contributed by atoms with Gasteiger partial charge in [0.2, 0.25) is 0 Å². The zero-order valence-corrected chi connectivity index (χ0v) is 15.0. The Balaban J connectivity index is 1.41. The third-order valence-corrected chi connectivity index (χ3v) is 5.80. The molecule has 2 aromatic rings. The number of phenolic OH excluding ortho intramolecular Hbond substituents is 1. The van der Waals surface area contributed by atoms with E-state index in [4.69, 9.17) is 0 Å². The van der Waals surface area contributed by atoms with Crippen molar-refractivity contribution in [3.05, 3.63) is 59.2 Å². The van der Waals surface area contributed by atoms with Crippen molar-refractivity contribution in [2.24, 2.45) is 0 Å². The molecule has 1 aliphatic heterocycles.